The van der Waals surface area contributed by atoms with Crippen molar-refractivity contribution in [2.45, 2.75) is 0 Å². The Kier molecular flexibility index (Phi) is 18.9. The summed E-state index contributed by atoms with van der Waals surface area (Å²) in [5.41, 5.74) is 20.5. The van der Waals surface area contributed by atoms with Crippen molar-refractivity contribution < 1.29 is 0 Å². The molecule has 23 rings (SSSR count). The molecule has 5 nitrogen and oxygen atoms in total. The number of nitrogens with zero attached hydrogens (tertiary/aromatic N) is 4. The van der Waals surface area contributed by atoms with E-state index in [4.69, 9.17) is 0 Å². The molecule has 0 spiro atoms. The number of halogens is 2. The number of fused-ring (bicyclic) bond motifs is 19. The third-order valence-electron chi connectivity index (χ3n) is 23.1. The van der Waals surface area contributed by atoms with Gasteiger partial charge in [-0.15, -0.1) is 0 Å². The van der Waals surface area contributed by atoms with E-state index in [0.717, 1.165) is 71.3 Å². The molecule has 1 N–H and O–H groups in total. The minimum atomic E-state index is 1.05. The van der Waals surface area contributed by atoms with E-state index in [-0.39, 0.29) is 0 Å². The second-order valence-electron chi connectivity index (χ2n) is 30.3. The van der Waals surface area contributed by atoms with E-state index in [9.17, 15) is 0 Å². The summed E-state index contributed by atoms with van der Waals surface area (Å²) >= 11 is 7.32. The number of benzene rings is 21. The van der Waals surface area contributed by atoms with Crippen LogP contribution in [-0.4, -0.2) is 9.13 Å². The average Bonchev–Trinajstić information content (AvgIpc) is 1.56. The molecule has 0 saturated carbocycles. The fourth-order valence-electron chi connectivity index (χ4n) is 17.8. The molecular formula is C112H75Br2N5. The summed E-state index contributed by atoms with van der Waals surface area (Å²) in [5, 5.41) is 25.9. The second-order valence-corrected chi connectivity index (χ2v) is 32.1. The monoisotopic (exact) mass is 1650 g/mol. The summed E-state index contributed by atoms with van der Waals surface area (Å²) in [6.07, 6.45) is 0. The summed E-state index contributed by atoms with van der Waals surface area (Å²) in [4.78, 5) is 4.81. The Bertz CT molecular complexity index is 7640. The summed E-state index contributed by atoms with van der Waals surface area (Å²) in [6.45, 7) is 0. The largest absolute Gasteiger partial charge is 0.356 e. The number of hydrogen-bond donors (Lipinski definition) is 1. The van der Waals surface area contributed by atoms with Gasteiger partial charge in [0.2, 0.25) is 0 Å². The Labute approximate surface area is 706 Å². The summed E-state index contributed by atoms with van der Waals surface area (Å²) < 4.78 is 7.02. The van der Waals surface area contributed by atoms with E-state index in [0.29, 0.717) is 0 Å². The Hall–Kier alpha value is -14.6. The zero-order chi connectivity index (χ0) is 79.3. The minimum Gasteiger partial charge on any atom is -0.356 e. The molecule has 0 aliphatic heterocycles. The second kappa shape index (κ2) is 31.2. The normalized spacial score (nSPS) is 11.4. The van der Waals surface area contributed by atoms with Gasteiger partial charge in [0.1, 0.15) is 0 Å². The summed E-state index contributed by atoms with van der Waals surface area (Å²) in [6, 6.07) is 162. The van der Waals surface area contributed by atoms with Crippen LogP contribution < -0.4 is 15.1 Å². The molecule has 23 aromatic rings. The SMILES string of the molecule is Brc1cc(Br)cc(-c2ccc3c(c2)c2c4ccccc4c4ccccc4c2n3-c2ccccc2)c1.c1ccc(N(c2cc(-c3ccc4c(c3)c3c5ccccc5c5ccccc5c3n4-c3ccccc3)cc(N(c3ccccc3)c3ccc4ccccc4c3)c2)c2ccc3ccccc3c2)cc1.c1ccc(Nc2ccc3ccccc3c2)cc1. The number of anilines is 8. The molecule has 119 heavy (non-hydrogen) atoms. The lowest BCUT2D eigenvalue weighted by Gasteiger charge is -2.30. The Morgan fingerprint density at radius 2 is 0.529 bits per heavy atom. The van der Waals surface area contributed by atoms with Crippen molar-refractivity contribution in [1.82, 2.24) is 9.13 Å². The van der Waals surface area contributed by atoms with Crippen LogP contribution in [0.4, 0.5) is 45.5 Å². The quantitative estimate of drug-likeness (QED) is 0.124. The summed E-state index contributed by atoms with van der Waals surface area (Å²) in [7, 11) is 0. The first-order chi connectivity index (χ1) is 58.8. The van der Waals surface area contributed by atoms with Crippen molar-refractivity contribution >= 4 is 196 Å². The average molecular weight is 1650 g/mol. The van der Waals surface area contributed by atoms with Gasteiger partial charge in [-0.1, -0.05) is 323 Å². The fraction of sp³-hybridized carbons (Fsp3) is 0. The van der Waals surface area contributed by atoms with Crippen LogP contribution in [0.3, 0.4) is 0 Å². The van der Waals surface area contributed by atoms with Crippen LogP contribution in [0.25, 0.3) is 153 Å². The van der Waals surface area contributed by atoms with E-state index >= 15 is 0 Å². The third-order valence-corrected chi connectivity index (χ3v) is 24.0. The maximum atomic E-state index is 3.66. The van der Waals surface area contributed by atoms with Gasteiger partial charge in [0.15, 0.2) is 0 Å². The number of para-hydroxylation sites is 5. The van der Waals surface area contributed by atoms with Crippen molar-refractivity contribution in [3.05, 3.63) is 458 Å². The van der Waals surface area contributed by atoms with E-state index in [1.165, 1.54) is 136 Å². The molecule has 0 radical (unpaired) electrons. The van der Waals surface area contributed by atoms with Crippen LogP contribution in [0.2, 0.25) is 0 Å². The van der Waals surface area contributed by atoms with Gasteiger partial charge in [-0.05, 0) is 245 Å². The van der Waals surface area contributed by atoms with Gasteiger partial charge in [-0.3, -0.25) is 0 Å². The molecule has 0 aliphatic rings. The molecule has 21 aromatic carbocycles. The molecule has 0 unspecified atom stereocenters. The van der Waals surface area contributed by atoms with Crippen LogP contribution in [0.5, 0.6) is 0 Å². The highest BCUT2D eigenvalue weighted by Gasteiger charge is 2.25. The van der Waals surface area contributed by atoms with Crippen molar-refractivity contribution in [3.63, 3.8) is 0 Å². The molecular weight excluding hydrogens is 1580 g/mol. The molecule has 0 atom stereocenters. The molecule has 2 heterocycles. The Balaban J connectivity index is 0.000000139. The number of nitrogens with one attached hydrogen (secondary N) is 1. The van der Waals surface area contributed by atoms with Crippen molar-refractivity contribution in [3.8, 4) is 33.6 Å². The highest BCUT2D eigenvalue weighted by molar-refractivity contribution is 9.11. The molecule has 562 valence electrons. The van der Waals surface area contributed by atoms with E-state index in [2.05, 4.69) is 487 Å². The molecule has 0 aliphatic carbocycles. The molecule has 0 saturated heterocycles. The molecule has 0 bridgehead atoms. The van der Waals surface area contributed by atoms with Gasteiger partial charge >= 0.3 is 0 Å². The minimum absolute atomic E-state index is 1.05. The number of hydrogen-bond acceptors (Lipinski definition) is 3. The van der Waals surface area contributed by atoms with Gasteiger partial charge in [-0.25, -0.2) is 0 Å². The van der Waals surface area contributed by atoms with Gasteiger partial charge < -0.3 is 24.3 Å². The molecule has 2 aromatic heterocycles. The van der Waals surface area contributed by atoms with Crippen molar-refractivity contribution in [1.29, 1.82) is 0 Å². The van der Waals surface area contributed by atoms with Crippen LogP contribution in [0.1, 0.15) is 0 Å². The summed E-state index contributed by atoms with van der Waals surface area (Å²) in [5.74, 6) is 0. The highest BCUT2D eigenvalue weighted by Crippen LogP contribution is 2.49. The number of aromatic nitrogens is 2. The number of rotatable bonds is 12. The Morgan fingerprint density at radius 1 is 0.193 bits per heavy atom. The van der Waals surface area contributed by atoms with Gasteiger partial charge in [-0.2, -0.15) is 0 Å². The van der Waals surface area contributed by atoms with Crippen molar-refractivity contribution in [2.75, 3.05) is 15.1 Å². The van der Waals surface area contributed by atoms with Gasteiger partial charge in [0.25, 0.3) is 0 Å². The van der Waals surface area contributed by atoms with Crippen LogP contribution in [0, 0.1) is 0 Å². The highest BCUT2D eigenvalue weighted by atomic mass is 79.9. The van der Waals surface area contributed by atoms with Crippen molar-refractivity contribution in [2.24, 2.45) is 0 Å². The smallest absolute Gasteiger partial charge is 0.0625 e. The third kappa shape index (κ3) is 13.6. The van der Waals surface area contributed by atoms with E-state index in [1.54, 1.807) is 0 Å². The van der Waals surface area contributed by atoms with E-state index < -0.39 is 0 Å². The lowest BCUT2D eigenvalue weighted by molar-refractivity contribution is 1.19. The van der Waals surface area contributed by atoms with Crippen LogP contribution in [0.15, 0.2) is 458 Å². The first-order valence-corrected chi connectivity index (χ1v) is 41.9. The Morgan fingerprint density at radius 3 is 0.958 bits per heavy atom. The van der Waals surface area contributed by atoms with Crippen LogP contribution >= 0.6 is 31.9 Å². The zero-order valence-corrected chi connectivity index (χ0v) is 67.9. The molecule has 7 heteroatoms. The molecule has 0 fully saturated rings. The first kappa shape index (κ1) is 72.1. The predicted molar refractivity (Wildman–Crippen MR) is 516 cm³/mol. The first-order valence-electron chi connectivity index (χ1n) is 40.3. The maximum Gasteiger partial charge on any atom is 0.0625 e. The topological polar surface area (TPSA) is 28.4 Å². The van der Waals surface area contributed by atoms with E-state index in [1.807, 2.05) is 18.2 Å². The maximum absolute atomic E-state index is 3.66. The standard InChI is InChI=1S/C64H43N3.C32H19Br2N.C16H13N/c1-4-22-50(23-5-1)65(53-35-32-44-18-10-12-20-46(44)38-53)55-40-49(41-56(43-55)66(51-24-6-2-7-25-51)54-36-33-45-19-11-13-21-47(45)39-54)48-34-37-62-61(42-48)63-59-30-16-14-28-57(59)58-29-15-17-31-60(58)64(63)67(62)52-26-8-3-9-27-52;33-22-16-21(17-23(34)19-22)20-14-15-30-29(18-20)31-27-12-6-4-10-25(27)26-11-5-7-13-28(26)32(31)35(30)24-8-2-1-3-9-24;1-2-8-15(9-3-1)17-16-11-10-13-6-4-5-7-14(13)12-16/h1-43H;1-19H;1-12,17H. The predicted octanol–water partition coefficient (Wildman–Crippen LogP) is 32.9. The fourth-order valence-corrected chi connectivity index (χ4v) is 19.1. The lowest BCUT2D eigenvalue weighted by atomic mass is 9.95. The zero-order valence-electron chi connectivity index (χ0n) is 64.8. The van der Waals surface area contributed by atoms with Gasteiger partial charge in [0, 0.05) is 98.1 Å². The lowest BCUT2D eigenvalue weighted by Crippen LogP contribution is -2.13. The van der Waals surface area contributed by atoms with Gasteiger partial charge in [0.05, 0.1) is 22.1 Å². The molecule has 0 amide bonds. The van der Waals surface area contributed by atoms with Crippen LogP contribution in [-0.2, 0) is 0 Å².